The van der Waals surface area contributed by atoms with E-state index in [4.69, 9.17) is 5.73 Å². The molecule has 1 aromatic rings. The fraction of sp³-hybridized carbons (Fsp3) is 0.455. The molecule has 0 saturated heterocycles. The van der Waals surface area contributed by atoms with Crippen LogP contribution in [-0.2, 0) is 5.41 Å². The molecule has 6 heteroatoms. The summed E-state index contributed by atoms with van der Waals surface area (Å²) in [4.78, 5) is 9.53. The van der Waals surface area contributed by atoms with Crippen molar-refractivity contribution in [2.24, 2.45) is 5.73 Å². The van der Waals surface area contributed by atoms with E-state index in [0.29, 0.717) is 18.9 Å². The molecule has 1 aromatic carbocycles. The van der Waals surface area contributed by atoms with Crippen LogP contribution in [0.1, 0.15) is 24.8 Å². The zero-order valence-electron chi connectivity index (χ0n) is 9.08. The van der Waals surface area contributed by atoms with E-state index in [-0.39, 0.29) is 12.1 Å². The lowest BCUT2D eigenvalue weighted by Gasteiger charge is -2.41. The number of hydrogen-bond acceptors (Lipinski definition) is 3. The second-order valence-corrected chi connectivity index (χ2v) is 4.38. The van der Waals surface area contributed by atoms with Gasteiger partial charge in [-0.3, -0.25) is 10.1 Å². The van der Waals surface area contributed by atoms with E-state index in [1.807, 2.05) is 0 Å². The first-order chi connectivity index (χ1) is 8.00. The van der Waals surface area contributed by atoms with E-state index in [9.17, 15) is 18.9 Å². The fourth-order valence-corrected chi connectivity index (χ4v) is 2.27. The summed E-state index contributed by atoms with van der Waals surface area (Å²) in [7, 11) is 0. The molecule has 1 fully saturated rings. The molecule has 0 bridgehead atoms. The van der Waals surface area contributed by atoms with Gasteiger partial charge in [-0.2, -0.15) is 4.39 Å². The van der Waals surface area contributed by atoms with Crippen LogP contribution >= 0.6 is 0 Å². The Balaban J connectivity index is 2.50. The Hall–Kier alpha value is -1.56. The van der Waals surface area contributed by atoms with Gasteiger partial charge in [0.1, 0.15) is 5.82 Å². The predicted molar refractivity (Wildman–Crippen MR) is 57.6 cm³/mol. The van der Waals surface area contributed by atoms with E-state index < -0.39 is 27.7 Å². The monoisotopic (exact) mass is 242 g/mol. The van der Waals surface area contributed by atoms with Gasteiger partial charge in [-0.1, -0.05) is 6.42 Å². The normalized spacial score (nSPS) is 17.6. The van der Waals surface area contributed by atoms with Crippen LogP contribution in [0.25, 0.3) is 0 Å². The van der Waals surface area contributed by atoms with Gasteiger partial charge in [0.05, 0.1) is 11.0 Å². The summed E-state index contributed by atoms with van der Waals surface area (Å²) >= 11 is 0. The molecule has 1 saturated carbocycles. The van der Waals surface area contributed by atoms with Crippen LogP contribution in [0.2, 0.25) is 0 Å². The lowest BCUT2D eigenvalue weighted by molar-refractivity contribution is -0.387. The predicted octanol–water partition coefficient (Wildman–Crippen LogP) is 2.25. The highest BCUT2D eigenvalue weighted by molar-refractivity contribution is 5.40. The van der Waals surface area contributed by atoms with Gasteiger partial charge < -0.3 is 5.73 Å². The Bertz CT molecular complexity index is 467. The molecule has 0 aromatic heterocycles. The highest BCUT2D eigenvalue weighted by Crippen LogP contribution is 2.44. The van der Waals surface area contributed by atoms with E-state index in [1.54, 1.807) is 0 Å². The molecule has 0 unspecified atom stereocenters. The van der Waals surface area contributed by atoms with Crippen LogP contribution in [0.5, 0.6) is 0 Å². The van der Waals surface area contributed by atoms with Crippen molar-refractivity contribution < 1.29 is 13.7 Å². The number of hydrogen-bond donors (Lipinski definition) is 1. The molecule has 0 amide bonds. The summed E-state index contributed by atoms with van der Waals surface area (Å²) in [6.45, 7) is 0.223. The first-order valence-corrected chi connectivity index (χ1v) is 5.34. The summed E-state index contributed by atoms with van der Waals surface area (Å²) in [5, 5.41) is 10.5. The Morgan fingerprint density at radius 2 is 2.00 bits per heavy atom. The van der Waals surface area contributed by atoms with Gasteiger partial charge in [-0.15, -0.1) is 0 Å². The fourth-order valence-electron chi connectivity index (χ4n) is 2.27. The van der Waals surface area contributed by atoms with Gasteiger partial charge in [-0.25, -0.2) is 4.39 Å². The Kier molecular flexibility index (Phi) is 2.82. The topological polar surface area (TPSA) is 69.2 Å². The minimum absolute atomic E-state index is 0.161. The number of nitrogens with two attached hydrogens (primary N) is 1. The molecule has 17 heavy (non-hydrogen) atoms. The van der Waals surface area contributed by atoms with Crippen molar-refractivity contribution >= 4 is 5.69 Å². The lowest BCUT2D eigenvalue weighted by atomic mass is 9.64. The molecule has 2 N–H and O–H groups in total. The minimum Gasteiger partial charge on any atom is -0.330 e. The molecule has 0 radical (unpaired) electrons. The van der Waals surface area contributed by atoms with Crippen LogP contribution in [-0.4, -0.2) is 11.5 Å². The van der Waals surface area contributed by atoms with E-state index in [2.05, 4.69) is 0 Å². The maximum atomic E-state index is 13.8. The Morgan fingerprint density at radius 1 is 1.35 bits per heavy atom. The van der Waals surface area contributed by atoms with Gasteiger partial charge >= 0.3 is 5.69 Å². The van der Waals surface area contributed by atoms with Crippen molar-refractivity contribution in [2.75, 3.05) is 6.54 Å². The van der Waals surface area contributed by atoms with Crippen molar-refractivity contribution in [3.05, 3.63) is 39.4 Å². The molecule has 0 heterocycles. The average molecular weight is 242 g/mol. The van der Waals surface area contributed by atoms with Gasteiger partial charge in [0.15, 0.2) is 0 Å². The van der Waals surface area contributed by atoms with E-state index in [1.165, 1.54) is 0 Å². The Morgan fingerprint density at radius 3 is 2.41 bits per heavy atom. The van der Waals surface area contributed by atoms with Crippen molar-refractivity contribution in [3.8, 4) is 0 Å². The number of benzene rings is 1. The smallest absolute Gasteiger partial charge is 0.307 e. The van der Waals surface area contributed by atoms with E-state index in [0.717, 1.165) is 12.5 Å². The average Bonchev–Trinajstić information content (AvgIpc) is 2.21. The van der Waals surface area contributed by atoms with Crippen molar-refractivity contribution in [1.29, 1.82) is 0 Å². The van der Waals surface area contributed by atoms with Crippen LogP contribution in [0.3, 0.4) is 0 Å². The van der Waals surface area contributed by atoms with Crippen molar-refractivity contribution in [2.45, 2.75) is 24.7 Å². The first kappa shape index (κ1) is 11.9. The summed E-state index contributed by atoms with van der Waals surface area (Å²) in [5.74, 6) is -1.76. The van der Waals surface area contributed by atoms with Gasteiger partial charge in [0.25, 0.3) is 0 Å². The van der Waals surface area contributed by atoms with E-state index >= 15 is 0 Å². The zero-order chi connectivity index (χ0) is 12.6. The third-order valence-corrected chi connectivity index (χ3v) is 3.51. The number of nitro benzene ring substituents is 1. The summed E-state index contributed by atoms with van der Waals surface area (Å²) in [6.07, 6.45) is 2.30. The van der Waals surface area contributed by atoms with Crippen LogP contribution in [0.15, 0.2) is 12.1 Å². The van der Waals surface area contributed by atoms with Gasteiger partial charge in [0, 0.05) is 12.0 Å². The van der Waals surface area contributed by atoms with Crippen molar-refractivity contribution in [1.82, 2.24) is 0 Å². The van der Waals surface area contributed by atoms with Crippen molar-refractivity contribution in [3.63, 3.8) is 0 Å². The lowest BCUT2D eigenvalue weighted by Crippen LogP contribution is -2.42. The zero-order valence-corrected chi connectivity index (χ0v) is 9.08. The molecule has 1 aliphatic carbocycles. The summed E-state index contributed by atoms with van der Waals surface area (Å²) < 4.78 is 27.2. The molecular weight excluding hydrogens is 230 g/mol. The standard InChI is InChI=1S/C11H12F2N2O2/c12-8-5-10(15(16)17)9(13)4-7(8)11(6-14)2-1-3-11/h4-5H,1-3,6,14H2. The molecule has 0 atom stereocenters. The third kappa shape index (κ3) is 1.78. The quantitative estimate of drug-likeness (QED) is 0.652. The molecule has 0 spiro atoms. The highest BCUT2D eigenvalue weighted by atomic mass is 19.1. The number of nitrogens with zero attached hydrogens (tertiary/aromatic N) is 1. The Labute approximate surface area is 96.6 Å². The summed E-state index contributed by atoms with van der Waals surface area (Å²) in [6, 6.07) is 1.56. The number of halogens is 2. The van der Waals surface area contributed by atoms with Crippen LogP contribution in [0, 0.1) is 21.7 Å². The highest BCUT2D eigenvalue weighted by Gasteiger charge is 2.40. The first-order valence-electron chi connectivity index (χ1n) is 5.34. The second kappa shape index (κ2) is 4.03. The third-order valence-electron chi connectivity index (χ3n) is 3.51. The second-order valence-electron chi connectivity index (χ2n) is 4.38. The molecular formula is C11H12F2N2O2. The summed E-state index contributed by atoms with van der Waals surface area (Å²) in [5.41, 5.74) is 4.38. The van der Waals surface area contributed by atoms with Crippen LogP contribution < -0.4 is 5.73 Å². The molecule has 92 valence electrons. The van der Waals surface area contributed by atoms with Gasteiger partial charge in [-0.05, 0) is 24.5 Å². The van der Waals surface area contributed by atoms with Gasteiger partial charge in [0.2, 0.25) is 5.82 Å². The molecule has 2 rings (SSSR count). The molecule has 1 aliphatic rings. The molecule has 4 nitrogen and oxygen atoms in total. The van der Waals surface area contributed by atoms with Crippen LogP contribution in [0.4, 0.5) is 14.5 Å². The SMILES string of the molecule is NCC1(c2cc(F)c([N+](=O)[O-])cc2F)CCC1. The minimum atomic E-state index is -1.01. The largest absolute Gasteiger partial charge is 0.330 e. The number of rotatable bonds is 3. The molecule has 0 aliphatic heterocycles. The maximum absolute atomic E-state index is 13.8. The maximum Gasteiger partial charge on any atom is 0.307 e. The number of nitro groups is 1.